The lowest BCUT2D eigenvalue weighted by Crippen LogP contribution is -2.55. The fourth-order valence-electron chi connectivity index (χ4n) is 3.52. The predicted molar refractivity (Wildman–Crippen MR) is 75.6 cm³/mol. The first-order chi connectivity index (χ1) is 8.78. The molecular formula is C15H30N2O. The highest BCUT2D eigenvalue weighted by Gasteiger charge is 2.34. The first-order valence-corrected chi connectivity index (χ1v) is 7.85. The monoisotopic (exact) mass is 254 g/mol. The molecule has 0 bridgehead atoms. The molecule has 3 heteroatoms. The Hall–Kier alpha value is -0.120. The van der Waals surface area contributed by atoms with Gasteiger partial charge in [0.1, 0.15) is 0 Å². The van der Waals surface area contributed by atoms with Crippen LogP contribution in [0.5, 0.6) is 0 Å². The number of rotatable bonds is 6. The Kier molecular flexibility index (Phi) is 5.46. The molecule has 0 radical (unpaired) electrons. The molecule has 1 saturated carbocycles. The van der Waals surface area contributed by atoms with E-state index in [4.69, 9.17) is 10.5 Å². The van der Waals surface area contributed by atoms with Gasteiger partial charge >= 0.3 is 0 Å². The van der Waals surface area contributed by atoms with Crippen LogP contribution in [0, 0.1) is 5.92 Å². The normalized spacial score (nSPS) is 37.0. The van der Waals surface area contributed by atoms with Gasteiger partial charge in [0.25, 0.3) is 0 Å². The molecule has 1 heterocycles. The molecule has 3 nitrogen and oxygen atoms in total. The molecule has 106 valence electrons. The van der Waals surface area contributed by atoms with Gasteiger partial charge in [-0.05, 0) is 44.4 Å². The summed E-state index contributed by atoms with van der Waals surface area (Å²) >= 11 is 0. The van der Waals surface area contributed by atoms with Crippen LogP contribution in [0.15, 0.2) is 0 Å². The van der Waals surface area contributed by atoms with E-state index in [-0.39, 0.29) is 5.54 Å². The van der Waals surface area contributed by atoms with Crippen LogP contribution in [-0.2, 0) is 4.74 Å². The van der Waals surface area contributed by atoms with Crippen molar-refractivity contribution in [3.05, 3.63) is 0 Å². The summed E-state index contributed by atoms with van der Waals surface area (Å²) in [6.45, 7) is 5.01. The summed E-state index contributed by atoms with van der Waals surface area (Å²) in [7, 11) is 0. The molecule has 0 amide bonds. The first kappa shape index (κ1) is 14.3. The smallest absolute Gasteiger partial charge is 0.0700 e. The molecule has 2 fully saturated rings. The molecule has 1 unspecified atom stereocenters. The fourth-order valence-corrected chi connectivity index (χ4v) is 3.52. The number of nitrogens with one attached hydrogen (secondary N) is 1. The molecule has 1 atom stereocenters. The highest BCUT2D eigenvalue weighted by atomic mass is 16.5. The molecule has 3 N–H and O–H groups in total. The van der Waals surface area contributed by atoms with Crippen molar-refractivity contribution < 1.29 is 4.74 Å². The molecule has 1 saturated heterocycles. The highest BCUT2D eigenvalue weighted by molar-refractivity contribution is 4.94. The topological polar surface area (TPSA) is 47.3 Å². The third-order valence-electron chi connectivity index (χ3n) is 4.88. The van der Waals surface area contributed by atoms with Gasteiger partial charge in [-0.2, -0.15) is 0 Å². The summed E-state index contributed by atoms with van der Waals surface area (Å²) in [5.74, 6) is 0.944. The number of nitrogens with two attached hydrogens (primary N) is 1. The average Bonchev–Trinajstić information content (AvgIpc) is 2.92. The van der Waals surface area contributed by atoms with Gasteiger partial charge in [-0.25, -0.2) is 0 Å². The molecule has 1 aliphatic carbocycles. The lowest BCUT2D eigenvalue weighted by atomic mass is 9.75. The molecule has 0 aromatic rings. The number of ether oxygens (including phenoxy) is 1. The van der Waals surface area contributed by atoms with E-state index in [2.05, 4.69) is 12.2 Å². The van der Waals surface area contributed by atoms with Crippen LogP contribution >= 0.6 is 0 Å². The summed E-state index contributed by atoms with van der Waals surface area (Å²) in [5, 5.41) is 3.74. The van der Waals surface area contributed by atoms with Crippen LogP contribution in [-0.4, -0.2) is 31.3 Å². The molecule has 1 aliphatic heterocycles. The minimum absolute atomic E-state index is 0.205. The molecule has 0 spiro atoms. The Morgan fingerprint density at radius 2 is 2.06 bits per heavy atom. The van der Waals surface area contributed by atoms with E-state index < -0.39 is 0 Å². The maximum absolute atomic E-state index is 6.04. The van der Waals surface area contributed by atoms with Crippen LogP contribution in [0.2, 0.25) is 0 Å². The van der Waals surface area contributed by atoms with Crippen molar-refractivity contribution in [3.63, 3.8) is 0 Å². The lowest BCUT2D eigenvalue weighted by molar-refractivity contribution is 0.0915. The van der Waals surface area contributed by atoms with Gasteiger partial charge in [0, 0.05) is 25.2 Å². The SMILES string of the molecule is CCCC1CCC(CN)(NCC2CCCO2)CC1. The standard InChI is InChI=1S/C15H30N2O/c1-2-4-13-6-8-15(12-16,9-7-13)17-11-14-5-3-10-18-14/h13-14,17H,2-12,16H2,1H3. The van der Waals surface area contributed by atoms with Crippen LogP contribution in [0.4, 0.5) is 0 Å². The molecule has 2 rings (SSSR count). The largest absolute Gasteiger partial charge is 0.377 e. The van der Waals surface area contributed by atoms with Crippen LogP contribution in [0.25, 0.3) is 0 Å². The molecule has 0 aromatic heterocycles. The van der Waals surface area contributed by atoms with E-state index in [1.165, 1.54) is 51.4 Å². The first-order valence-electron chi connectivity index (χ1n) is 7.85. The molecule has 18 heavy (non-hydrogen) atoms. The minimum atomic E-state index is 0.205. The zero-order chi connectivity index (χ0) is 12.8. The van der Waals surface area contributed by atoms with Crippen LogP contribution < -0.4 is 11.1 Å². The predicted octanol–water partition coefficient (Wildman–Crippen LogP) is 2.44. The van der Waals surface area contributed by atoms with E-state index in [1.54, 1.807) is 0 Å². The molecule has 2 aliphatic rings. The zero-order valence-electron chi connectivity index (χ0n) is 11.9. The van der Waals surface area contributed by atoms with E-state index in [9.17, 15) is 0 Å². The van der Waals surface area contributed by atoms with E-state index in [1.807, 2.05) is 0 Å². The second kappa shape index (κ2) is 6.88. The third-order valence-corrected chi connectivity index (χ3v) is 4.88. The highest BCUT2D eigenvalue weighted by Crippen LogP contribution is 2.34. The summed E-state index contributed by atoms with van der Waals surface area (Å²) in [5.41, 5.74) is 6.24. The van der Waals surface area contributed by atoms with Crippen molar-refractivity contribution in [2.75, 3.05) is 19.7 Å². The lowest BCUT2D eigenvalue weighted by Gasteiger charge is -2.41. The van der Waals surface area contributed by atoms with Gasteiger partial charge in [-0.15, -0.1) is 0 Å². The van der Waals surface area contributed by atoms with Crippen molar-refractivity contribution in [2.24, 2.45) is 11.7 Å². The van der Waals surface area contributed by atoms with Gasteiger partial charge in [0.15, 0.2) is 0 Å². The maximum atomic E-state index is 6.04. The average molecular weight is 254 g/mol. The Balaban J connectivity index is 1.76. The Morgan fingerprint density at radius 3 is 2.61 bits per heavy atom. The molecule has 0 aromatic carbocycles. The minimum Gasteiger partial charge on any atom is -0.377 e. The summed E-state index contributed by atoms with van der Waals surface area (Å²) in [6.07, 6.45) is 10.8. The van der Waals surface area contributed by atoms with Crippen LogP contribution in [0.3, 0.4) is 0 Å². The summed E-state index contributed by atoms with van der Waals surface area (Å²) in [4.78, 5) is 0. The van der Waals surface area contributed by atoms with Crippen molar-refractivity contribution in [3.8, 4) is 0 Å². The van der Waals surface area contributed by atoms with Gasteiger partial charge in [-0.3, -0.25) is 0 Å². The van der Waals surface area contributed by atoms with Crippen molar-refractivity contribution in [1.29, 1.82) is 0 Å². The fraction of sp³-hybridized carbons (Fsp3) is 1.00. The zero-order valence-corrected chi connectivity index (χ0v) is 11.9. The van der Waals surface area contributed by atoms with Crippen molar-refractivity contribution in [1.82, 2.24) is 5.32 Å². The van der Waals surface area contributed by atoms with E-state index in [0.717, 1.165) is 25.6 Å². The summed E-state index contributed by atoms with van der Waals surface area (Å²) in [6, 6.07) is 0. The maximum Gasteiger partial charge on any atom is 0.0700 e. The third kappa shape index (κ3) is 3.69. The number of hydrogen-bond acceptors (Lipinski definition) is 3. The quantitative estimate of drug-likeness (QED) is 0.765. The Bertz CT molecular complexity index is 231. The van der Waals surface area contributed by atoms with Crippen LogP contribution in [0.1, 0.15) is 58.3 Å². The van der Waals surface area contributed by atoms with Gasteiger partial charge in [-0.1, -0.05) is 19.8 Å². The van der Waals surface area contributed by atoms with E-state index in [0.29, 0.717) is 6.10 Å². The van der Waals surface area contributed by atoms with Gasteiger partial charge in [0.05, 0.1) is 6.10 Å². The Labute approximate surface area is 112 Å². The van der Waals surface area contributed by atoms with Crippen molar-refractivity contribution in [2.45, 2.75) is 69.9 Å². The second-order valence-electron chi connectivity index (χ2n) is 6.23. The van der Waals surface area contributed by atoms with Gasteiger partial charge < -0.3 is 15.8 Å². The summed E-state index contributed by atoms with van der Waals surface area (Å²) < 4.78 is 5.69. The van der Waals surface area contributed by atoms with E-state index >= 15 is 0 Å². The van der Waals surface area contributed by atoms with Crippen molar-refractivity contribution >= 4 is 0 Å². The number of hydrogen-bond donors (Lipinski definition) is 2. The second-order valence-corrected chi connectivity index (χ2v) is 6.23. The van der Waals surface area contributed by atoms with Gasteiger partial charge in [0.2, 0.25) is 0 Å². The molecular weight excluding hydrogens is 224 g/mol. The Morgan fingerprint density at radius 1 is 1.28 bits per heavy atom.